The minimum absolute atomic E-state index is 0.177. The van der Waals surface area contributed by atoms with Crippen LogP contribution >= 0.6 is 0 Å². The molecule has 4 aliphatic rings. The Kier molecular flexibility index (Phi) is 9.75. The molecular formula is C30H47N3O7. The molecule has 0 radical (unpaired) electrons. The van der Waals surface area contributed by atoms with Gasteiger partial charge in [-0.05, 0) is 38.5 Å². The van der Waals surface area contributed by atoms with Crippen molar-refractivity contribution in [3.63, 3.8) is 0 Å². The summed E-state index contributed by atoms with van der Waals surface area (Å²) < 4.78 is 17.7. The van der Waals surface area contributed by atoms with Gasteiger partial charge < -0.3 is 29.1 Å². The molecule has 2 bridgehead atoms. The Hall–Kier alpha value is -2.27. The number of esters is 1. The van der Waals surface area contributed by atoms with Gasteiger partial charge in [-0.3, -0.25) is 19.3 Å². The highest BCUT2D eigenvalue weighted by Gasteiger charge is 2.79. The van der Waals surface area contributed by atoms with Crippen LogP contribution in [0.2, 0.25) is 0 Å². The lowest BCUT2D eigenvalue weighted by Gasteiger charge is -2.40. The van der Waals surface area contributed by atoms with E-state index in [0.29, 0.717) is 58.5 Å². The number of carbonyl (C=O) groups is 3. The van der Waals surface area contributed by atoms with E-state index in [-0.39, 0.29) is 30.9 Å². The van der Waals surface area contributed by atoms with Gasteiger partial charge in [0.1, 0.15) is 17.6 Å². The lowest BCUT2D eigenvalue weighted by molar-refractivity contribution is -0.162. The molecule has 1 N–H and O–H groups in total. The molecule has 4 rings (SSSR count). The van der Waals surface area contributed by atoms with Crippen molar-refractivity contribution in [2.45, 2.75) is 69.7 Å². The van der Waals surface area contributed by atoms with E-state index in [2.05, 4.69) is 18.1 Å². The quantitative estimate of drug-likeness (QED) is 0.194. The van der Waals surface area contributed by atoms with Crippen LogP contribution in [0.5, 0.6) is 0 Å². The van der Waals surface area contributed by atoms with Gasteiger partial charge in [0.25, 0.3) is 0 Å². The summed E-state index contributed by atoms with van der Waals surface area (Å²) in [5.74, 6) is -2.49. The Labute approximate surface area is 238 Å². The van der Waals surface area contributed by atoms with Crippen molar-refractivity contribution in [2.24, 2.45) is 17.8 Å². The largest absolute Gasteiger partial charge is 0.465 e. The first-order valence-corrected chi connectivity index (χ1v) is 14.7. The summed E-state index contributed by atoms with van der Waals surface area (Å²) in [7, 11) is 0. The molecule has 40 heavy (non-hydrogen) atoms. The molecule has 4 aliphatic heterocycles. The summed E-state index contributed by atoms with van der Waals surface area (Å²) in [6.07, 6.45) is 5.42. The number of hydrogen-bond acceptors (Lipinski definition) is 8. The minimum atomic E-state index is -1.16. The molecule has 0 saturated carbocycles. The second kappa shape index (κ2) is 12.7. The van der Waals surface area contributed by atoms with E-state index in [1.54, 1.807) is 22.0 Å². The van der Waals surface area contributed by atoms with Crippen LogP contribution < -0.4 is 0 Å². The van der Waals surface area contributed by atoms with Gasteiger partial charge in [-0.15, -0.1) is 13.2 Å². The van der Waals surface area contributed by atoms with Crippen molar-refractivity contribution >= 4 is 17.8 Å². The van der Waals surface area contributed by atoms with E-state index in [9.17, 15) is 19.5 Å². The fourth-order valence-electron chi connectivity index (χ4n) is 7.25. The van der Waals surface area contributed by atoms with E-state index >= 15 is 0 Å². The first kappa shape index (κ1) is 30.7. The number of ether oxygens (including phenoxy) is 3. The summed E-state index contributed by atoms with van der Waals surface area (Å²) in [5.41, 5.74) is -2.06. The first-order chi connectivity index (χ1) is 19.1. The topological polar surface area (TPSA) is 109 Å². The van der Waals surface area contributed by atoms with Crippen LogP contribution in [0.1, 0.15) is 46.5 Å². The predicted octanol–water partition coefficient (Wildman–Crippen LogP) is 1.62. The zero-order valence-corrected chi connectivity index (χ0v) is 24.4. The number of aliphatic hydroxyl groups is 1. The fourth-order valence-corrected chi connectivity index (χ4v) is 7.25. The number of rotatable bonds is 14. The molecule has 2 unspecified atom stereocenters. The van der Waals surface area contributed by atoms with Crippen molar-refractivity contribution in [2.75, 3.05) is 59.2 Å². The Balaban J connectivity index is 1.69. The van der Waals surface area contributed by atoms with Gasteiger partial charge in [0.2, 0.25) is 11.8 Å². The van der Waals surface area contributed by atoms with Gasteiger partial charge in [0.15, 0.2) is 0 Å². The highest BCUT2D eigenvalue weighted by molar-refractivity contribution is 5.98. The van der Waals surface area contributed by atoms with Crippen molar-refractivity contribution in [1.82, 2.24) is 14.7 Å². The zero-order valence-electron chi connectivity index (χ0n) is 24.4. The van der Waals surface area contributed by atoms with Gasteiger partial charge in [-0.2, -0.15) is 0 Å². The van der Waals surface area contributed by atoms with E-state index < -0.39 is 41.1 Å². The van der Waals surface area contributed by atoms with E-state index in [1.165, 1.54) is 0 Å². The predicted molar refractivity (Wildman–Crippen MR) is 149 cm³/mol. The van der Waals surface area contributed by atoms with Gasteiger partial charge in [-0.25, -0.2) is 0 Å². The third-order valence-corrected chi connectivity index (χ3v) is 9.07. The number of morpholine rings is 1. The summed E-state index contributed by atoms with van der Waals surface area (Å²) in [4.78, 5) is 47.9. The van der Waals surface area contributed by atoms with Crippen molar-refractivity contribution in [1.29, 1.82) is 0 Å². The maximum atomic E-state index is 14.5. The second-order valence-electron chi connectivity index (χ2n) is 12.2. The Morgan fingerprint density at radius 3 is 2.58 bits per heavy atom. The molecular weight excluding hydrogens is 514 g/mol. The van der Waals surface area contributed by atoms with E-state index in [0.717, 1.165) is 13.1 Å². The second-order valence-corrected chi connectivity index (χ2v) is 12.2. The summed E-state index contributed by atoms with van der Waals surface area (Å²) in [5, 5.41) is 10.5. The number of hydrogen-bond donors (Lipinski definition) is 1. The fraction of sp³-hybridized carbons (Fsp3) is 0.767. The molecule has 0 aromatic heterocycles. The molecule has 1 spiro atoms. The lowest BCUT2D eigenvalue weighted by atomic mass is 9.66. The van der Waals surface area contributed by atoms with Crippen LogP contribution in [-0.4, -0.2) is 120 Å². The van der Waals surface area contributed by atoms with Crippen molar-refractivity contribution < 1.29 is 33.7 Å². The van der Waals surface area contributed by atoms with Gasteiger partial charge in [0, 0.05) is 32.7 Å². The standard InChI is InChI=1S/C30H47N3O7/c1-6-8-16-39-28(37)24-23-26(35)33(22(20-34)19-21(3)4)25(30(23)10-9-29(24,5)40-30)27(36)32(11-7-2)13-12-31-14-17-38-18-15-31/h6-7,21-25,34H,1-2,8-20H2,3-5H3/t22-,23+,24+,25?,29-,30?/m1/s1. The molecule has 4 heterocycles. The third kappa shape index (κ3) is 5.60. The molecule has 6 atom stereocenters. The summed E-state index contributed by atoms with van der Waals surface area (Å²) in [6.45, 7) is 17.7. The van der Waals surface area contributed by atoms with Gasteiger partial charge >= 0.3 is 5.97 Å². The molecule has 0 aromatic rings. The van der Waals surface area contributed by atoms with Crippen LogP contribution in [0.15, 0.2) is 25.3 Å². The van der Waals surface area contributed by atoms with Crippen molar-refractivity contribution in [3.8, 4) is 0 Å². The zero-order chi connectivity index (χ0) is 29.1. The van der Waals surface area contributed by atoms with E-state index in [1.807, 2.05) is 20.8 Å². The van der Waals surface area contributed by atoms with E-state index in [4.69, 9.17) is 14.2 Å². The molecule has 224 valence electrons. The Morgan fingerprint density at radius 1 is 1.23 bits per heavy atom. The highest BCUT2D eigenvalue weighted by atomic mass is 16.6. The number of amides is 2. The van der Waals surface area contributed by atoms with Crippen LogP contribution in [0.4, 0.5) is 0 Å². The Morgan fingerprint density at radius 2 is 1.95 bits per heavy atom. The molecule has 10 nitrogen and oxygen atoms in total. The average Bonchev–Trinajstić information content (AvgIpc) is 3.50. The normalized spacial score (nSPS) is 32.3. The molecule has 4 saturated heterocycles. The van der Waals surface area contributed by atoms with Gasteiger partial charge in [0.05, 0.1) is 44.0 Å². The average molecular weight is 562 g/mol. The highest BCUT2D eigenvalue weighted by Crippen LogP contribution is 2.63. The molecule has 0 aliphatic carbocycles. The number of carbonyl (C=O) groups excluding carboxylic acids is 3. The maximum Gasteiger partial charge on any atom is 0.312 e. The smallest absolute Gasteiger partial charge is 0.312 e. The van der Waals surface area contributed by atoms with Crippen LogP contribution in [0.25, 0.3) is 0 Å². The molecule has 4 fully saturated rings. The Bertz CT molecular complexity index is 967. The number of likely N-dealkylation sites (tertiary alicyclic amines) is 1. The molecule has 10 heteroatoms. The van der Waals surface area contributed by atoms with Crippen molar-refractivity contribution in [3.05, 3.63) is 25.3 Å². The molecule has 0 aromatic carbocycles. The number of fused-ring (bicyclic) bond motifs is 1. The lowest BCUT2D eigenvalue weighted by Crippen LogP contribution is -2.59. The SMILES string of the molecule is C=CCCOC(=O)[C@@H]1[C@H]2C(=O)N([C@@H](CO)CC(C)C)C(C(=O)N(CC=C)CCN3CCOCC3)C23CC[C@@]1(C)O3. The molecule has 2 amide bonds. The summed E-state index contributed by atoms with van der Waals surface area (Å²) in [6, 6.07) is -1.52. The maximum absolute atomic E-state index is 14.5. The monoisotopic (exact) mass is 561 g/mol. The van der Waals surface area contributed by atoms with Gasteiger partial charge in [-0.1, -0.05) is 26.0 Å². The number of nitrogens with zero attached hydrogens (tertiary/aromatic N) is 3. The van der Waals surface area contributed by atoms with Crippen LogP contribution in [-0.2, 0) is 28.6 Å². The minimum Gasteiger partial charge on any atom is -0.465 e. The summed E-state index contributed by atoms with van der Waals surface area (Å²) >= 11 is 0. The number of aliphatic hydroxyl groups excluding tert-OH is 1. The third-order valence-electron chi connectivity index (χ3n) is 9.07. The van der Waals surface area contributed by atoms with Crippen LogP contribution in [0.3, 0.4) is 0 Å². The van der Waals surface area contributed by atoms with Crippen LogP contribution in [0, 0.1) is 17.8 Å². The first-order valence-electron chi connectivity index (χ1n) is 14.7.